The maximum atomic E-state index is 11.0. The Bertz CT molecular complexity index is 733. The van der Waals surface area contributed by atoms with Gasteiger partial charge in [0, 0.05) is 37.2 Å². The quantitative estimate of drug-likeness (QED) is 0.695. The fraction of sp³-hybridized carbons (Fsp3) is 0.375. The number of nitrogens with zero attached hydrogens (tertiary/aromatic N) is 3. The molecule has 0 amide bonds. The van der Waals surface area contributed by atoms with Gasteiger partial charge in [-0.25, -0.2) is 0 Å². The monoisotopic (exact) mass is 299 g/mol. The van der Waals surface area contributed by atoms with Gasteiger partial charge in [0.25, 0.3) is 5.69 Å². The number of nitrogens with one attached hydrogen (secondary N) is 1. The highest BCUT2D eigenvalue weighted by Gasteiger charge is 2.19. The van der Waals surface area contributed by atoms with Crippen molar-refractivity contribution in [2.75, 3.05) is 19.6 Å². The van der Waals surface area contributed by atoms with Gasteiger partial charge in [-0.15, -0.1) is 0 Å². The highest BCUT2D eigenvalue weighted by molar-refractivity contribution is 5.91. The lowest BCUT2D eigenvalue weighted by molar-refractivity contribution is -0.384. The molecule has 1 aromatic heterocycles. The zero-order chi connectivity index (χ0) is 15.7. The third-order valence-electron chi connectivity index (χ3n) is 3.89. The summed E-state index contributed by atoms with van der Waals surface area (Å²) in [5.41, 5.74) is 2.94. The molecular formula is C16H19N4O2. The van der Waals surface area contributed by atoms with Crippen molar-refractivity contribution in [3.05, 3.63) is 46.0 Å². The summed E-state index contributed by atoms with van der Waals surface area (Å²) in [6, 6.07) is 4.82. The van der Waals surface area contributed by atoms with Crippen molar-refractivity contribution in [3.63, 3.8) is 0 Å². The topological polar surface area (TPSA) is 75.1 Å². The molecule has 0 spiro atoms. The number of aromatic amines is 1. The Kier molecular flexibility index (Phi) is 3.94. The molecule has 0 fully saturated rings. The Hall–Kier alpha value is -2.21. The molecule has 1 N–H and O–H groups in total. The Morgan fingerprint density at radius 3 is 2.91 bits per heavy atom. The lowest BCUT2D eigenvalue weighted by atomic mass is 10.0. The van der Waals surface area contributed by atoms with Crippen LogP contribution in [-0.2, 0) is 0 Å². The summed E-state index contributed by atoms with van der Waals surface area (Å²) < 4.78 is 0. The first-order valence-electron chi connectivity index (χ1n) is 7.38. The number of H-pyrrole nitrogens is 1. The number of nitro benzene ring substituents is 1. The molecule has 0 saturated heterocycles. The molecule has 1 aliphatic rings. The SMILES string of the molecule is C[C](C)CN1CC=C(c2n[nH]c3ccc([N+](=O)[O-])cc23)CC1. The molecule has 22 heavy (non-hydrogen) atoms. The number of nitro groups is 1. The summed E-state index contributed by atoms with van der Waals surface area (Å²) in [7, 11) is 0. The number of fused-ring (bicyclic) bond motifs is 1. The van der Waals surface area contributed by atoms with Crippen molar-refractivity contribution in [1.82, 2.24) is 15.1 Å². The van der Waals surface area contributed by atoms with Crippen molar-refractivity contribution in [2.45, 2.75) is 20.3 Å². The van der Waals surface area contributed by atoms with E-state index >= 15 is 0 Å². The molecule has 2 heterocycles. The zero-order valence-electron chi connectivity index (χ0n) is 12.8. The highest BCUT2D eigenvalue weighted by atomic mass is 16.6. The van der Waals surface area contributed by atoms with Gasteiger partial charge in [-0.05, 0) is 24.0 Å². The molecular weight excluding hydrogens is 280 g/mol. The van der Waals surface area contributed by atoms with Crippen LogP contribution in [0.4, 0.5) is 5.69 Å². The van der Waals surface area contributed by atoms with Crippen molar-refractivity contribution in [2.24, 2.45) is 0 Å². The van der Waals surface area contributed by atoms with Gasteiger partial charge in [0.15, 0.2) is 0 Å². The van der Waals surface area contributed by atoms with E-state index in [1.807, 2.05) is 0 Å². The van der Waals surface area contributed by atoms with Crippen molar-refractivity contribution in [1.29, 1.82) is 0 Å². The number of rotatable bonds is 4. The van der Waals surface area contributed by atoms with E-state index in [-0.39, 0.29) is 10.6 Å². The van der Waals surface area contributed by atoms with Crippen molar-refractivity contribution < 1.29 is 4.92 Å². The van der Waals surface area contributed by atoms with Gasteiger partial charge in [-0.3, -0.25) is 20.1 Å². The average Bonchev–Trinajstić information content (AvgIpc) is 2.90. The van der Waals surface area contributed by atoms with Crippen LogP contribution in [0.2, 0.25) is 0 Å². The standard InChI is InChI=1S/C16H19N4O2/c1-11(2)10-19-7-5-12(6-8-19)16-14-9-13(20(21)22)3-4-15(14)17-18-16/h3-5,9H,6-8,10H2,1-2H3,(H,17,18). The molecule has 0 bridgehead atoms. The van der Waals surface area contributed by atoms with Gasteiger partial charge in [0.1, 0.15) is 0 Å². The summed E-state index contributed by atoms with van der Waals surface area (Å²) in [5, 5.41) is 19.1. The van der Waals surface area contributed by atoms with Gasteiger partial charge < -0.3 is 0 Å². The predicted octanol–water partition coefficient (Wildman–Crippen LogP) is 3.17. The van der Waals surface area contributed by atoms with E-state index < -0.39 is 0 Å². The van der Waals surface area contributed by atoms with E-state index in [0.717, 1.165) is 48.2 Å². The molecule has 0 aliphatic carbocycles. The molecule has 1 aliphatic heterocycles. The third-order valence-corrected chi connectivity index (χ3v) is 3.89. The molecule has 1 radical (unpaired) electrons. The van der Waals surface area contributed by atoms with Gasteiger partial charge >= 0.3 is 0 Å². The summed E-state index contributed by atoms with van der Waals surface area (Å²) in [5.74, 6) is 1.40. The summed E-state index contributed by atoms with van der Waals surface area (Å²) in [4.78, 5) is 13.0. The van der Waals surface area contributed by atoms with Gasteiger partial charge in [-0.1, -0.05) is 19.9 Å². The van der Waals surface area contributed by atoms with E-state index in [1.54, 1.807) is 12.1 Å². The number of hydrogen-bond acceptors (Lipinski definition) is 4. The molecule has 6 heteroatoms. The van der Waals surface area contributed by atoms with Crippen LogP contribution in [-0.4, -0.2) is 39.7 Å². The first kappa shape index (κ1) is 14.7. The Labute approximate surface area is 129 Å². The van der Waals surface area contributed by atoms with E-state index in [0.29, 0.717) is 0 Å². The normalized spacial score (nSPS) is 16.2. The molecule has 2 aromatic rings. The maximum absolute atomic E-state index is 11.0. The average molecular weight is 299 g/mol. The van der Waals surface area contributed by atoms with Crippen LogP contribution in [0.25, 0.3) is 16.5 Å². The van der Waals surface area contributed by atoms with Gasteiger partial charge in [0.2, 0.25) is 0 Å². The van der Waals surface area contributed by atoms with E-state index in [1.165, 1.54) is 12.0 Å². The molecule has 115 valence electrons. The molecule has 1 aromatic carbocycles. The number of benzene rings is 1. The minimum atomic E-state index is -0.368. The molecule has 6 nitrogen and oxygen atoms in total. The fourth-order valence-electron chi connectivity index (χ4n) is 2.88. The van der Waals surface area contributed by atoms with E-state index in [4.69, 9.17) is 0 Å². The molecule has 0 saturated carbocycles. The fourth-order valence-corrected chi connectivity index (χ4v) is 2.88. The summed E-state index contributed by atoms with van der Waals surface area (Å²) >= 11 is 0. The van der Waals surface area contributed by atoms with E-state index in [9.17, 15) is 10.1 Å². The second-order valence-corrected chi connectivity index (χ2v) is 5.98. The second-order valence-electron chi connectivity index (χ2n) is 5.98. The number of non-ortho nitro benzene ring substituents is 1. The lowest BCUT2D eigenvalue weighted by Crippen LogP contribution is -2.31. The van der Waals surface area contributed by atoms with Gasteiger partial charge in [0.05, 0.1) is 16.1 Å². The van der Waals surface area contributed by atoms with Gasteiger partial charge in [-0.2, -0.15) is 5.10 Å². The molecule has 0 atom stereocenters. The van der Waals surface area contributed by atoms with Crippen LogP contribution in [0, 0.1) is 16.0 Å². The van der Waals surface area contributed by atoms with E-state index in [2.05, 4.69) is 35.0 Å². The third kappa shape index (κ3) is 2.87. The molecule has 3 rings (SSSR count). The Morgan fingerprint density at radius 2 is 2.27 bits per heavy atom. The van der Waals surface area contributed by atoms with Crippen LogP contribution in [0.5, 0.6) is 0 Å². The second kappa shape index (κ2) is 5.88. The van der Waals surface area contributed by atoms with Crippen LogP contribution >= 0.6 is 0 Å². The van der Waals surface area contributed by atoms with Crippen molar-refractivity contribution in [3.8, 4) is 0 Å². The minimum Gasteiger partial charge on any atom is -0.299 e. The number of aromatic nitrogens is 2. The highest BCUT2D eigenvalue weighted by Crippen LogP contribution is 2.29. The number of hydrogen-bond donors (Lipinski definition) is 1. The van der Waals surface area contributed by atoms with Crippen LogP contribution < -0.4 is 0 Å². The summed E-state index contributed by atoms with van der Waals surface area (Å²) in [6.45, 7) is 7.17. The lowest BCUT2D eigenvalue weighted by Gasteiger charge is -2.27. The predicted molar refractivity (Wildman–Crippen MR) is 86.4 cm³/mol. The summed E-state index contributed by atoms with van der Waals surface area (Å²) in [6.07, 6.45) is 3.09. The van der Waals surface area contributed by atoms with Crippen LogP contribution in [0.15, 0.2) is 24.3 Å². The maximum Gasteiger partial charge on any atom is 0.270 e. The smallest absolute Gasteiger partial charge is 0.270 e. The largest absolute Gasteiger partial charge is 0.299 e. The zero-order valence-corrected chi connectivity index (χ0v) is 12.8. The first-order chi connectivity index (χ1) is 10.5. The minimum absolute atomic E-state index is 0.101. The van der Waals surface area contributed by atoms with Crippen LogP contribution in [0.3, 0.4) is 0 Å². The Balaban J connectivity index is 1.89. The van der Waals surface area contributed by atoms with Crippen LogP contribution in [0.1, 0.15) is 26.0 Å². The first-order valence-corrected chi connectivity index (χ1v) is 7.38. The Morgan fingerprint density at radius 1 is 1.45 bits per heavy atom. The van der Waals surface area contributed by atoms with Crippen molar-refractivity contribution >= 4 is 22.2 Å². The molecule has 0 unspecified atom stereocenters.